The molecule has 5 heteroatoms. The van der Waals surface area contributed by atoms with Crippen LogP contribution in [0.15, 0.2) is 23.4 Å². The molecule has 134 valence electrons. The summed E-state index contributed by atoms with van der Waals surface area (Å²) >= 11 is 0. The van der Waals surface area contributed by atoms with Crippen molar-refractivity contribution in [3.05, 3.63) is 46.3 Å². The lowest BCUT2D eigenvalue weighted by Crippen LogP contribution is -2.32. The molecule has 0 spiro atoms. The largest absolute Gasteiger partial charge is 0.368 e. The minimum atomic E-state index is 0.418. The lowest BCUT2D eigenvalue weighted by molar-refractivity contribution is 0.185. The van der Waals surface area contributed by atoms with E-state index < -0.39 is 0 Å². The predicted molar refractivity (Wildman–Crippen MR) is 104 cm³/mol. The lowest BCUT2D eigenvalue weighted by Gasteiger charge is -2.30. The van der Waals surface area contributed by atoms with Crippen LogP contribution in [0.4, 0.5) is 5.95 Å². The normalized spacial score (nSPS) is 16.8. The van der Waals surface area contributed by atoms with E-state index in [0.717, 1.165) is 23.7 Å². The summed E-state index contributed by atoms with van der Waals surface area (Å²) in [6, 6.07) is 4.49. The Morgan fingerprint density at radius 3 is 2.60 bits per heavy atom. The van der Waals surface area contributed by atoms with Crippen molar-refractivity contribution in [3.8, 4) is 0 Å². The van der Waals surface area contributed by atoms with E-state index in [9.17, 15) is 0 Å². The highest BCUT2D eigenvalue weighted by Crippen LogP contribution is 2.22. The molecule has 0 aliphatic carbocycles. The number of nitrogens with two attached hydrogens (primary N) is 1. The SMILES string of the molecule is Cc1cc(C=Nn2cc(C)nc2N)c(C)c(CN2CCC(C)CC2)c1. The number of aromatic nitrogens is 2. The molecule has 5 nitrogen and oxygen atoms in total. The maximum absolute atomic E-state index is 5.87. The molecule has 0 radical (unpaired) electrons. The maximum atomic E-state index is 5.87. The summed E-state index contributed by atoms with van der Waals surface area (Å²) in [5, 5.41) is 4.49. The average Bonchev–Trinajstić information content (AvgIpc) is 2.89. The Morgan fingerprint density at radius 2 is 1.96 bits per heavy atom. The highest BCUT2D eigenvalue weighted by Gasteiger charge is 2.17. The van der Waals surface area contributed by atoms with Crippen LogP contribution in [-0.2, 0) is 6.54 Å². The molecule has 2 N–H and O–H groups in total. The molecule has 1 saturated heterocycles. The number of hydrogen-bond donors (Lipinski definition) is 1. The van der Waals surface area contributed by atoms with Gasteiger partial charge in [-0.05, 0) is 69.3 Å². The van der Waals surface area contributed by atoms with Crippen molar-refractivity contribution in [2.75, 3.05) is 18.8 Å². The number of piperidine rings is 1. The molecule has 1 aromatic heterocycles. The number of nitrogens with zero attached hydrogens (tertiary/aromatic N) is 4. The molecule has 1 aliphatic heterocycles. The monoisotopic (exact) mass is 339 g/mol. The Kier molecular flexibility index (Phi) is 5.23. The van der Waals surface area contributed by atoms with Gasteiger partial charge in [0.05, 0.1) is 18.1 Å². The van der Waals surface area contributed by atoms with Crippen molar-refractivity contribution >= 4 is 12.2 Å². The maximum Gasteiger partial charge on any atom is 0.221 e. The molecular formula is C20H29N5. The van der Waals surface area contributed by atoms with E-state index in [1.54, 1.807) is 4.68 Å². The molecule has 0 amide bonds. The summed E-state index contributed by atoms with van der Waals surface area (Å²) in [5.41, 5.74) is 11.8. The van der Waals surface area contributed by atoms with Gasteiger partial charge in [0.15, 0.2) is 0 Å². The van der Waals surface area contributed by atoms with Crippen molar-refractivity contribution < 1.29 is 0 Å². The van der Waals surface area contributed by atoms with Crippen molar-refractivity contribution in [1.82, 2.24) is 14.6 Å². The van der Waals surface area contributed by atoms with Gasteiger partial charge in [0.25, 0.3) is 0 Å². The van der Waals surface area contributed by atoms with Crippen LogP contribution in [-0.4, -0.2) is 33.9 Å². The number of imidazole rings is 1. The van der Waals surface area contributed by atoms with Crippen molar-refractivity contribution in [1.29, 1.82) is 0 Å². The van der Waals surface area contributed by atoms with E-state index in [1.807, 2.05) is 19.3 Å². The fourth-order valence-electron chi connectivity index (χ4n) is 3.44. The average molecular weight is 339 g/mol. The summed E-state index contributed by atoms with van der Waals surface area (Å²) in [4.78, 5) is 6.75. The van der Waals surface area contributed by atoms with Gasteiger partial charge in [-0.1, -0.05) is 24.6 Å². The van der Waals surface area contributed by atoms with Crippen molar-refractivity contribution in [3.63, 3.8) is 0 Å². The number of rotatable bonds is 4. The zero-order valence-electron chi connectivity index (χ0n) is 15.8. The molecule has 1 aliphatic rings. The molecule has 0 saturated carbocycles. The van der Waals surface area contributed by atoms with Gasteiger partial charge in [0, 0.05) is 6.54 Å². The minimum absolute atomic E-state index is 0.418. The molecule has 0 atom stereocenters. The van der Waals surface area contributed by atoms with Crippen LogP contribution in [0.3, 0.4) is 0 Å². The van der Waals surface area contributed by atoms with Crippen LogP contribution >= 0.6 is 0 Å². The summed E-state index contributed by atoms with van der Waals surface area (Å²) in [5.74, 6) is 1.28. The van der Waals surface area contributed by atoms with Gasteiger partial charge in [0.2, 0.25) is 5.95 Å². The van der Waals surface area contributed by atoms with E-state index in [4.69, 9.17) is 5.73 Å². The molecule has 0 bridgehead atoms. The Labute approximate surface area is 150 Å². The molecular weight excluding hydrogens is 310 g/mol. The summed E-state index contributed by atoms with van der Waals surface area (Å²) < 4.78 is 1.63. The third-order valence-electron chi connectivity index (χ3n) is 5.13. The van der Waals surface area contributed by atoms with Gasteiger partial charge in [-0.25, -0.2) is 9.66 Å². The van der Waals surface area contributed by atoms with Crippen LogP contribution in [0.5, 0.6) is 0 Å². The molecule has 1 fully saturated rings. The molecule has 2 heterocycles. The van der Waals surface area contributed by atoms with Gasteiger partial charge < -0.3 is 5.73 Å². The van der Waals surface area contributed by atoms with Crippen molar-refractivity contribution in [2.45, 2.75) is 47.1 Å². The zero-order chi connectivity index (χ0) is 18.0. The smallest absolute Gasteiger partial charge is 0.221 e. The fraction of sp³-hybridized carbons (Fsp3) is 0.500. The number of hydrogen-bond acceptors (Lipinski definition) is 4. The van der Waals surface area contributed by atoms with Gasteiger partial charge >= 0.3 is 0 Å². The molecule has 1 aromatic carbocycles. The highest BCUT2D eigenvalue weighted by molar-refractivity contribution is 5.82. The number of nitrogen functional groups attached to an aromatic ring is 1. The van der Waals surface area contributed by atoms with Crippen LogP contribution in [0.1, 0.15) is 47.7 Å². The second kappa shape index (κ2) is 7.40. The number of aryl methyl sites for hydroxylation is 2. The van der Waals surface area contributed by atoms with Crippen LogP contribution in [0.25, 0.3) is 0 Å². The molecule has 2 aromatic rings. The minimum Gasteiger partial charge on any atom is -0.368 e. The third-order valence-corrected chi connectivity index (χ3v) is 5.13. The van der Waals surface area contributed by atoms with E-state index in [0.29, 0.717) is 5.95 Å². The number of anilines is 1. The standard InChI is InChI=1S/C20H29N5/c1-14-5-7-24(8-6-14)13-19-10-15(2)9-18(17(19)4)11-22-25-12-16(3)23-20(25)21/h9-12,14H,5-8,13H2,1-4H3,(H2,21,23). The topological polar surface area (TPSA) is 59.4 Å². The van der Waals surface area contributed by atoms with Gasteiger partial charge in [0.1, 0.15) is 0 Å². The molecule has 3 rings (SSSR count). The van der Waals surface area contributed by atoms with E-state index >= 15 is 0 Å². The first-order valence-electron chi connectivity index (χ1n) is 9.10. The first kappa shape index (κ1) is 17.7. The Hall–Kier alpha value is -2.14. The van der Waals surface area contributed by atoms with Crippen molar-refractivity contribution in [2.24, 2.45) is 11.0 Å². The Morgan fingerprint density at radius 1 is 1.24 bits per heavy atom. The quantitative estimate of drug-likeness (QED) is 0.867. The highest BCUT2D eigenvalue weighted by atomic mass is 15.4. The van der Waals surface area contributed by atoms with Crippen LogP contribution in [0, 0.1) is 26.7 Å². The molecule has 0 unspecified atom stereocenters. The number of likely N-dealkylation sites (tertiary alicyclic amines) is 1. The first-order valence-corrected chi connectivity index (χ1v) is 9.10. The lowest BCUT2D eigenvalue weighted by atomic mass is 9.96. The second-order valence-electron chi connectivity index (χ2n) is 7.43. The Bertz CT molecular complexity index is 767. The van der Waals surface area contributed by atoms with E-state index in [1.165, 1.54) is 42.6 Å². The van der Waals surface area contributed by atoms with E-state index in [-0.39, 0.29) is 0 Å². The van der Waals surface area contributed by atoms with Gasteiger partial charge in [-0.3, -0.25) is 4.90 Å². The summed E-state index contributed by atoms with van der Waals surface area (Å²) in [6.45, 7) is 12.0. The summed E-state index contributed by atoms with van der Waals surface area (Å²) in [7, 11) is 0. The fourth-order valence-corrected chi connectivity index (χ4v) is 3.44. The first-order chi connectivity index (χ1) is 11.9. The second-order valence-corrected chi connectivity index (χ2v) is 7.43. The predicted octanol–water partition coefficient (Wildman–Crippen LogP) is 3.50. The van der Waals surface area contributed by atoms with Crippen LogP contribution in [0.2, 0.25) is 0 Å². The summed E-state index contributed by atoms with van der Waals surface area (Å²) in [6.07, 6.45) is 6.34. The van der Waals surface area contributed by atoms with E-state index in [2.05, 4.69) is 47.9 Å². The zero-order valence-corrected chi connectivity index (χ0v) is 15.8. The number of benzene rings is 1. The Balaban J connectivity index is 1.81. The van der Waals surface area contributed by atoms with Gasteiger partial charge in [-0.15, -0.1) is 0 Å². The third kappa shape index (κ3) is 4.28. The van der Waals surface area contributed by atoms with Gasteiger partial charge in [-0.2, -0.15) is 5.10 Å². The van der Waals surface area contributed by atoms with Crippen LogP contribution < -0.4 is 5.73 Å². The molecule has 25 heavy (non-hydrogen) atoms.